The maximum Gasteiger partial charge on any atom is 0.274 e. The van der Waals surface area contributed by atoms with Gasteiger partial charge in [-0.1, -0.05) is 70.2 Å². The lowest BCUT2D eigenvalue weighted by molar-refractivity contribution is -0.385. The molecule has 2 amide bonds. The Hall–Kier alpha value is -3.90. The summed E-state index contributed by atoms with van der Waals surface area (Å²) >= 11 is 1.79. The van der Waals surface area contributed by atoms with Crippen molar-refractivity contribution in [2.24, 2.45) is 0 Å². The summed E-state index contributed by atoms with van der Waals surface area (Å²) in [5.41, 5.74) is 1.89. The van der Waals surface area contributed by atoms with Gasteiger partial charge in [0.2, 0.25) is 5.91 Å². The third-order valence-corrected chi connectivity index (χ3v) is 6.00. The molecule has 1 heterocycles. The van der Waals surface area contributed by atoms with E-state index in [4.69, 9.17) is 0 Å². The van der Waals surface area contributed by atoms with E-state index < -0.39 is 4.92 Å². The zero-order chi connectivity index (χ0) is 30.5. The lowest BCUT2D eigenvalue weighted by Gasteiger charge is -2.12. The minimum Gasteiger partial charge on any atom is -0.359 e. The van der Waals surface area contributed by atoms with Crippen molar-refractivity contribution in [3.63, 3.8) is 0 Å². The molecular formula is C31H37IN4O5. The number of pyridine rings is 1. The van der Waals surface area contributed by atoms with Crippen molar-refractivity contribution >= 4 is 73.0 Å². The lowest BCUT2D eigenvalue weighted by Crippen LogP contribution is -2.23. The second kappa shape index (κ2) is 16.4. The normalized spacial score (nSPS) is 10.0. The van der Waals surface area contributed by atoms with Crippen molar-refractivity contribution in [2.75, 3.05) is 14.2 Å². The summed E-state index contributed by atoms with van der Waals surface area (Å²) in [5.74, 6) is -0.589. The van der Waals surface area contributed by atoms with Gasteiger partial charge in [-0.3, -0.25) is 24.7 Å². The zero-order valence-corrected chi connectivity index (χ0v) is 26.2. The Balaban J connectivity index is 0.00000102. The third kappa shape index (κ3) is 8.08. The molecule has 218 valence electrons. The predicted molar refractivity (Wildman–Crippen MR) is 176 cm³/mol. The fourth-order valence-electron chi connectivity index (χ4n) is 4.32. The highest BCUT2D eigenvalue weighted by atomic mass is 127. The molecule has 0 aliphatic heterocycles. The van der Waals surface area contributed by atoms with Crippen LogP contribution in [0.1, 0.15) is 50.6 Å². The Morgan fingerprint density at radius 2 is 1.63 bits per heavy atom. The average molecular weight is 675 g/mol. The van der Waals surface area contributed by atoms with Crippen molar-refractivity contribution in [3.05, 3.63) is 93.7 Å². The third-order valence-electron chi connectivity index (χ3n) is 6.00. The number of benzene rings is 4. The van der Waals surface area contributed by atoms with Crippen molar-refractivity contribution in [1.82, 2.24) is 15.6 Å². The van der Waals surface area contributed by atoms with Crippen LogP contribution in [-0.2, 0) is 20.8 Å². The van der Waals surface area contributed by atoms with Crippen LogP contribution in [0.4, 0.5) is 5.69 Å². The Bertz CT molecular complexity index is 1570. The maximum absolute atomic E-state index is 13.0. The number of likely N-dealkylation sites (N-methyl/N-ethyl adjacent to an activating group) is 1. The van der Waals surface area contributed by atoms with Crippen LogP contribution in [0, 0.1) is 10.1 Å². The van der Waals surface area contributed by atoms with Crippen LogP contribution in [0.3, 0.4) is 0 Å². The molecule has 0 bridgehead atoms. The van der Waals surface area contributed by atoms with Crippen molar-refractivity contribution < 1.29 is 19.0 Å². The van der Waals surface area contributed by atoms with Crippen LogP contribution in [0.25, 0.3) is 32.4 Å². The summed E-state index contributed by atoms with van der Waals surface area (Å²) in [4.78, 5) is 40.2. The first kappa shape index (κ1) is 33.3. The van der Waals surface area contributed by atoms with Gasteiger partial charge in [0, 0.05) is 61.7 Å². The molecule has 0 spiro atoms. The molecule has 0 aliphatic carbocycles. The molecular weight excluding hydrogens is 635 g/mol. The van der Waals surface area contributed by atoms with E-state index in [9.17, 15) is 19.7 Å². The van der Waals surface area contributed by atoms with Crippen molar-refractivity contribution in [2.45, 2.75) is 40.7 Å². The van der Waals surface area contributed by atoms with Gasteiger partial charge in [0.05, 0.1) is 16.9 Å². The van der Waals surface area contributed by atoms with Gasteiger partial charge < -0.3 is 13.7 Å². The summed E-state index contributed by atoms with van der Waals surface area (Å²) in [6.45, 7) is 7.98. The van der Waals surface area contributed by atoms with Crippen LogP contribution in [-0.4, -0.2) is 35.9 Å². The van der Waals surface area contributed by atoms with E-state index in [0.717, 1.165) is 32.4 Å². The summed E-state index contributed by atoms with van der Waals surface area (Å²) in [5, 5.41) is 22.0. The van der Waals surface area contributed by atoms with E-state index in [1.807, 2.05) is 58.0 Å². The minimum atomic E-state index is -0.508. The summed E-state index contributed by atoms with van der Waals surface area (Å²) in [7, 11) is 3.12. The topological polar surface area (TPSA) is 123 Å². The molecule has 0 radical (unpaired) electrons. The minimum absolute atomic E-state index is 0. The van der Waals surface area contributed by atoms with Gasteiger partial charge in [0.15, 0.2) is 0 Å². The molecule has 5 aromatic rings. The van der Waals surface area contributed by atoms with Gasteiger partial charge in [-0.2, -0.15) is 0 Å². The number of nitrogens with zero attached hydrogens (tertiary/aromatic N) is 2. The largest absolute Gasteiger partial charge is 0.359 e. The molecule has 41 heavy (non-hydrogen) atoms. The molecule has 5 rings (SSSR count). The van der Waals surface area contributed by atoms with Gasteiger partial charge in [-0.25, -0.2) is 0 Å². The van der Waals surface area contributed by atoms with Crippen LogP contribution >= 0.6 is 23.0 Å². The summed E-state index contributed by atoms with van der Waals surface area (Å²) in [6, 6.07) is 18.2. The molecule has 1 aromatic heterocycles. The number of rotatable bonds is 6. The number of carbonyl (C=O) groups excluding carboxylic acids is 2. The van der Waals surface area contributed by atoms with Gasteiger partial charge in [0.1, 0.15) is 23.0 Å². The van der Waals surface area contributed by atoms with Gasteiger partial charge >= 0.3 is 0 Å². The monoisotopic (exact) mass is 674 g/mol. The number of nitrogens with one attached hydrogen (secondary N) is 2. The van der Waals surface area contributed by atoms with Gasteiger partial charge in [-0.15, -0.1) is 0 Å². The first-order valence-electron chi connectivity index (χ1n) is 13.3. The summed E-state index contributed by atoms with van der Waals surface area (Å²) in [6.07, 6.45) is 1.84. The SMILES string of the molecule is CC.CC.CNC(=O)Cc1ccc(CNC(=O)c2cc3ccc4cccc5cnc(c2)c3c45)c([N+](=O)[O-])c1.COI.[3HH]. The van der Waals surface area contributed by atoms with Gasteiger partial charge in [0.25, 0.3) is 11.6 Å². The van der Waals surface area contributed by atoms with Crippen LogP contribution in [0.15, 0.2) is 66.9 Å². The highest BCUT2D eigenvalue weighted by Gasteiger charge is 2.18. The lowest BCUT2D eigenvalue weighted by atomic mass is 9.96. The number of aromatic nitrogens is 1. The van der Waals surface area contributed by atoms with Crippen LogP contribution < -0.4 is 10.6 Å². The fourth-order valence-corrected chi connectivity index (χ4v) is 4.32. The average Bonchev–Trinajstić information content (AvgIpc) is 3.01. The van der Waals surface area contributed by atoms with Crippen LogP contribution in [0.2, 0.25) is 0 Å². The molecule has 0 saturated heterocycles. The number of carbonyl (C=O) groups is 2. The molecule has 0 aliphatic rings. The van der Waals surface area contributed by atoms with E-state index in [-0.39, 0.29) is 31.9 Å². The molecule has 0 fully saturated rings. The first-order valence-corrected chi connectivity index (χ1v) is 14.2. The highest BCUT2D eigenvalue weighted by Crippen LogP contribution is 2.33. The molecule has 0 atom stereocenters. The van der Waals surface area contributed by atoms with Crippen molar-refractivity contribution in [1.29, 1.82) is 0 Å². The van der Waals surface area contributed by atoms with Crippen molar-refractivity contribution in [3.8, 4) is 0 Å². The maximum atomic E-state index is 13.0. The molecule has 4 aromatic carbocycles. The molecule has 2 N–H and O–H groups in total. The quantitative estimate of drug-likeness (QED) is 0.0839. The molecule has 10 heteroatoms. The standard InChI is InChI=1S/C26H20N4O4.2C2H6.CH3IO.H2/c1-27-23(31)10-15-5-6-18(22(9-15)30(33)34)13-29-26(32)20-11-17-8-7-16-3-2-4-19-14-28-21(12-20)25(17)24(16)19;2*1-2;1-3-2;/h2-9,11-12,14H,10,13H2,1H3,(H,27,31)(H,29,32);2*1-2H3;1H3;1H/i;;;;1+2. The number of nitro benzene ring substituents is 1. The van der Waals surface area contributed by atoms with E-state index in [0.29, 0.717) is 16.7 Å². The number of amides is 2. The smallest absolute Gasteiger partial charge is 0.274 e. The predicted octanol–water partition coefficient (Wildman–Crippen LogP) is 7.39. The van der Waals surface area contributed by atoms with E-state index >= 15 is 0 Å². The Labute approximate surface area is 255 Å². The summed E-state index contributed by atoms with van der Waals surface area (Å²) < 4.78 is 4.22. The zero-order valence-electron chi connectivity index (χ0n) is 24.1. The second-order valence-electron chi connectivity index (χ2n) is 8.27. The van der Waals surface area contributed by atoms with E-state index in [1.165, 1.54) is 13.1 Å². The number of nitro groups is 1. The first-order chi connectivity index (χ1) is 19.9. The van der Waals surface area contributed by atoms with E-state index in [2.05, 4.69) is 24.8 Å². The Morgan fingerprint density at radius 1 is 0.976 bits per heavy atom. The number of halogens is 1. The molecule has 0 unspecified atom stereocenters. The fraction of sp³-hybridized carbons (Fsp3) is 0.258. The molecule has 9 nitrogen and oxygen atoms in total. The molecule has 0 saturated carbocycles. The number of hydrogen-bond donors (Lipinski definition) is 2. The number of hydrogen-bond acceptors (Lipinski definition) is 6. The van der Waals surface area contributed by atoms with E-state index in [1.54, 1.807) is 54.5 Å². The van der Waals surface area contributed by atoms with Gasteiger partial charge in [-0.05, 0) is 28.5 Å². The second-order valence-corrected chi connectivity index (χ2v) is 9.15. The Morgan fingerprint density at radius 3 is 2.29 bits per heavy atom. The van der Waals surface area contributed by atoms with Crippen LogP contribution in [0.5, 0.6) is 0 Å². The Kier molecular flexibility index (Phi) is 13.3. The highest BCUT2D eigenvalue weighted by molar-refractivity contribution is 14.1.